The van der Waals surface area contributed by atoms with E-state index in [2.05, 4.69) is 21.6 Å². The largest absolute Gasteiger partial charge is 0.312 e. The predicted molar refractivity (Wildman–Crippen MR) is 84.6 cm³/mol. The van der Waals surface area contributed by atoms with E-state index < -0.39 is 0 Å². The van der Waals surface area contributed by atoms with Crippen molar-refractivity contribution in [2.24, 2.45) is 0 Å². The van der Waals surface area contributed by atoms with E-state index in [0.717, 1.165) is 41.6 Å². The van der Waals surface area contributed by atoms with Crippen molar-refractivity contribution in [2.75, 3.05) is 6.54 Å². The molecule has 0 atom stereocenters. The lowest BCUT2D eigenvalue weighted by molar-refractivity contribution is 0.667. The third-order valence-corrected chi connectivity index (χ3v) is 3.88. The summed E-state index contributed by atoms with van der Waals surface area (Å²) >= 11 is 6.12. The summed E-state index contributed by atoms with van der Waals surface area (Å²) in [7, 11) is 0. The average molecular weight is 301 g/mol. The molecule has 1 aromatic carbocycles. The number of rotatable bonds is 5. The van der Waals surface area contributed by atoms with Crippen molar-refractivity contribution in [3.05, 3.63) is 64.6 Å². The summed E-state index contributed by atoms with van der Waals surface area (Å²) in [5.41, 5.74) is 3.19. The van der Waals surface area contributed by atoms with Crippen molar-refractivity contribution >= 4 is 17.2 Å². The first-order chi connectivity index (χ1) is 10.2. The van der Waals surface area contributed by atoms with E-state index >= 15 is 0 Å². The zero-order chi connectivity index (χ0) is 14.7. The van der Waals surface area contributed by atoms with Gasteiger partial charge in [0.05, 0.1) is 0 Å². The van der Waals surface area contributed by atoms with Crippen LogP contribution in [0.4, 0.5) is 0 Å². The first-order valence-corrected chi connectivity index (χ1v) is 7.36. The van der Waals surface area contributed by atoms with Crippen molar-refractivity contribution in [2.45, 2.75) is 19.9 Å². The number of fused-ring (bicyclic) bond motifs is 1. The summed E-state index contributed by atoms with van der Waals surface area (Å²) in [6, 6.07) is 12.1. The standard InChI is InChI=1S/C16H17ClN4/c1-12-5-6-13(10-14(12)17)11-18-8-7-16-20-19-15-4-2-3-9-21(15)16/h2-6,9-10,18H,7-8,11H2,1H3. The molecule has 0 aliphatic rings. The highest BCUT2D eigenvalue weighted by Crippen LogP contribution is 2.16. The van der Waals surface area contributed by atoms with Crippen molar-refractivity contribution in [3.63, 3.8) is 0 Å². The second-order valence-electron chi connectivity index (χ2n) is 5.06. The fraction of sp³-hybridized carbons (Fsp3) is 0.250. The molecule has 0 saturated carbocycles. The number of halogens is 1. The molecule has 0 aliphatic carbocycles. The first kappa shape index (κ1) is 14.0. The Balaban J connectivity index is 1.55. The summed E-state index contributed by atoms with van der Waals surface area (Å²) in [5, 5.41) is 12.6. The molecule has 2 heterocycles. The van der Waals surface area contributed by atoms with Crippen LogP contribution in [-0.4, -0.2) is 21.1 Å². The maximum atomic E-state index is 6.12. The van der Waals surface area contributed by atoms with Gasteiger partial charge in [-0.15, -0.1) is 10.2 Å². The van der Waals surface area contributed by atoms with Gasteiger partial charge in [0.2, 0.25) is 0 Å². The zero-order valence-electron chi connectivity index (χ0n) is 11.9. The molecule has 0 radical (unpaired) electrons. The van der Waals surface area contributed by atoms with Crippen LogP contribution in [0.2, 0.25) is 5.02 Å². The molecule has 0 fully saturated rings. The van der Waals surface area contributed by atoms with E-state index in [1.54, 1.807) is 0 Å². The number of nitrogens with zero attached hydrogens (tertiary/aromatic N) is 3. The minimum Gasteiger partial charge on any atom is -0.312 e. The molecule has 3 aromatic rings. The van der Waals surface area contributed by atoms with Gasteiger partial charge in [-0.1, -0.05) is 29.8 Å². The van der Waals surface area contributed by atoms with Gasteiger partial charge in [-0.25, -0.2) is 0 Å². The molecule has 4 nitrogen and oxygen atoms in total. The molecule has 0 spiro atoms. The number of hydrogen-bond donors (Lipinski definition) is 1. The molecule has 2 aromatic heterocycles. The van der Waals surface area contributed by atoms with E-state index in [4.69, 9.17) is 11.6 Å². The SMILES string of the molecule is Cc1ccc(CNCCc2nnc3ccccn23)cc1Cl. The van der Waals surface area contributed by atoms with E-state index in [-0.39, 0.29) is 0 Å². The molecule has 1 N–H and O–H groups in total. The Morgan fingerprint density at radius 2 is 2.10 bits per heavy atom. The highest BCUT2D eigenvalue weighted by molar-refractivity contribution is 6.31. The predicted octanol–water partition coefficient (Wildman–Crippen LogP) is 3.02. The number of nitrogens with one attached hydrogen (secondary N) is 1. The quantitative estimate of drug-likeness (QED) is 0.737. The maximum absolute atomic E-state index is 6.12. The fourth-order valence-corrected chi connectivity index (χ4v) is 2.44. The van der Waals surface area contributed by atoms with Gasteiger partial charge in [0.1, 0.15) is 5.82 Å². The number of hydrogen-bond acceptors (Lipinski definition) is 3. The van der Waals surface area contributed by atoms with E-state index in [1.807, 2.05) is 47.9 Å². The molecular formula is C16H17ClN4. The van der Waals surface area contributed by atoms with Gasteiger partial charge in [0, 0.05) is 30.7 Å². The number of aryl methyl sites for hydroxylation is 1. The highest BCUT2D eigenvalue weighted by atomic mass is 35.5. The Hall–Kier alpha value is -1.91. The Morgan fingerprint density at radius 3 is 2.95 bits per heavy atom. The molecule has 0 bridgehead atoms. The molecule has 0 aliphatic heterocycles. The maximum Gasteiger partial charge on any atom is 0.160 e. The van der Waals surface area contributed by atoms with Gasteiger partial charge in [0.25, 0.3) is 0 Å². The zero-order valence-corrected chi connectivity index (χ0v) is 12.6. The smallest absolute Gasteiger partial charge is 0.160 e. The Morgan fingerprint density at radius 1 is 1.19 bits per heavy atom. The molecule has 0 unspecified atom stereocenters. The molecule has 21 heavy (non-hydrogen) atoms. The third kappa shape index (κ3) is 3.23. The van der Waals surface area contributed by atoms with Crippen LogP contribution >= 0.6 is 11.6 Å². The van der Waals surface area contributed by atoms with Crippen LogP contribution in [0.1, 0.15) is 17.0 Å². The number of aromatic nitrogens is 3. The van der Waals surface area contributed by atoms with Gasteiger partial charge in [0.15, 0.2) is 5.65 Å². The van der Waals surface area contributed by atoms with Gasteiger partial charge < -0.3 is 5.32 Å². The van der Waals surface area contributed by atoms with Crippen molar-refractivity contribution in [1.29, 1.82) is 0 Å². The van der Waals surface area contributed by atoms with Crippen LogP contribution in [0.15, 0.2) is 42.6 Å². The van der Waals surface area contributed by atoms with Crippen LogP contribution in [-0.2, 0) is 13.0 Å². The number of pyridine rings is 1. The van der Waals surface area contributed by atoms with Gasteiger partial charge in [-0.05, 0) is 36.2 Å². The van der Waals surface area contributed by atoms with E-state index in [9.17, 15) is 0 Å². The molecule has 5 heteroatoms. The van der Waals surface area contributed by atoms with Gasteiger partial charge in [-0.3, -0.25) is 4.40 Å². The van der Waals surface area contributed by atoms with Crippen LogP contribution in [0, 0.1) is 6.92 Å². The lowest BCUT2D eigenvalue weighted by atomic mass is 10.1. The Bertz CT molecular complexity index is 751. The minimum atomic E-state index is 0.802. The van der Waals surface area contributed by atoms with Crippen molar-refractivity contribution < 1.29 is 0 Å². The average Bonchev–Trinajstić information content (AvgIpc) is 2.91. The second kappa shape index (κ2) is 6.24. The Kier molecular flexibility index (Phi) is 4.18. The lowest BCUT2D eigenvalue weighted by Crippen LogP contribution is -2.17. The van der Waals surface area contributed by atoms with Crippen LogP contribution in [0.3, 0.4) is 0 Å². The molecule has 108 valence electrons. The van der Waals surface area contributed by atoms with Gasteiger partial charge in [-0.2, -0.15) is 0 Å². The summed E-state index contributed by atoms with van der Waals surface area (Å²) < 4.78 is 2.02. The van der Waals surface area contributed by atoms with Crippen LogP contribution in [0.5, 0.6) is 0 Å². The molecule has 3 rings (SSSR count). The summed E-state index contributed by atoms with van der Waals surface area (Å²) in [4.78, 5) is 0. The molecule has 0 amide bonds. The monoisotopic (exact) mass is 300 g/mol. The third-order valence-electron chi connectivity index (χ3n) is 3.48. The Labute approximate surface area is 128 Å². The van der Waals surface area contributed by atoms with Crippen LogP contribution < -0.4 is 5.32 Å². The second-order valence-corrected chi connectivity index (χ2v) is 5.46. The first-order valence-electron chi connectivity index (χ1n) is 6.98. The minimum absolute atomic E-state index is 0.802. The topological polar surface area (TPSA) is 42.2 Å². The summed E-state index contributed by atoms with van der Waals surface area (Å²) in [5.74, 6) is 0.972. The van der Waals surface area contributed by atoms with E-state index in [0.29, 0.717) is 0 Å². The van der Waals surface area contributed by atoms with E-state index in [1.165, 1.54) is 5.56 Å². The number of benzene rings is 1. The van der Waals surface area contributed by atoms with Crippen LogP contribution in [0.25, 0.3) is 5.65 Å². The van der Waals surface area contributed by atoms with Crippen molar-refractivity contribution in [3.8, 4) is 0 Å². The summed E-state index contributed by atoms with van der Waals surface area (Å²) in [6.45, 7) is 3.66. The summed E-state index contributed by atoms with van der Waals surface area (Å²) in [6.07, 6.45) is 2.83. The molecule has 0 saturated heterocycles. The fourth-order valence-electron chi connectivity index (χ4n) is 2.24. The normalized spacial score (nSPS) is 11.1. The molecular weight excluding hydrogens is 284 g/mol. The lowest BCUT2D eigenvalue weighted by Gasteiger charge is -2.06. The van der Waals surface area contributed by atoms with Gasteiger partial charge >= 0.3 is 0 Å². The van der Waals surface area contributed by atoms with Crippen molar-refractivity contribution in [1.82, 2.24) is 19.9 Å². The highest BCUT2D eigenvalue weighted by Gasteiger charge is 2.04.